The first-order chi connectivity index (χ1) is 17.6. The molecule has 0 atom stereocenters. The van der Waals surface area contributed by atoms with Gasteiger partial charge in [0.05, 0.1) is 12.1 Å². The number of thiazole rings is 1. The third-order valence-corrected chi connectivity index (χ3v) is 6.53. The van der Waals surface area contributed by atoms with Crippen LogP contribution in [0.25, 0.3) is 0 Å². The molecule has 0 saturated carbocycles. The number of amides is 2. The molecule has 0 unspecified atom stereocenters. The highest BCUT2D eigenvalue weighted by molar-refractivity contribution is 7.07. The van der Waals surface area contributed by atoms with Crippen molar-refractivity contribution in [2.24, 2.45) is 4.99 Å². The van der Waals surface area contributed by atoms with Gasteiger partial charge in [-0.15, -0.1) is 11.3 Å². The Morgan fingerprint density at radius 3 is 2.30 bits per heavy atom. The quantitative estimate of drug-likeness (QED) is 0.325. The highest BCUT2D eigenvalue weighted by atomic mass is 32.1. The molecule has 1 heterocycles. The molecular formula is C27H21F4N3O2S. The highest BCUT2D eigenvalue weighted by Crippen LogP contribution is 2.29. The van der Waals surface area contributed by atoms with E-state index in [0.29, 0.717) is 16.9 Å². The van der Waals surface area contributed by atoms with E-state index in [9.17, 15) is 27.2 Å². The molecule has 0 aliphatic heterocycles. The van der Waals surface area contributed by atoms with Gasteiger partial charge in [0, 0.05) is 28.7 Å². The van der Waals surface area contributed by atoms with Gasteiger partial charge in [-0.2, -0.15) is 18.2 Å². The number of hydrogen-bond donors (Lipinski definition) is 1. The van der Waals surface area contributed by atoms with Crippen LogP contribution < -0.4 is 10.1 Å². The normalized spacial score (nSPS) is 12.0. The molecule has 0 aliphatic rings. The summed E-state index contributed by atoms with van der Waals surface area (Å²) in [7, 11) is 0. The number of carbonyl (C=O) groups is 2. The summed E-state index contributed by atoms with van der Waals surface area (Å²) in [4.78, 5) is 29.5. The van der Waals surface area contributed by atoms with E-state index < -0.39 is 17.6 Å². The van der Waals surface area contributed by atoms with E-state index in [0.717, 1.165) is 29.0 Å². The largest absolute Gasteiger partial charge is 0.416 e. The topological polar surface area (TPSA) is 63.5 Å². The predicted octanol–water partition coefficient (Wildman–Crippen LogP) is 5.74. The van der Waals surface area contributed by atoms with Gasteiger partial charge >= 0.3 is 6.18 Å². The molecule has 10 heteroatoms. The molecule has 1 aromatic heterocycles. The Morgan fingerprint density at radius 1 is 0.946 bits per heavy atom. The molecule has 1 N–H and O–H groups in total. The molecule has 4 aromatic rings. The van der Waals surface area contributed by atoms with Gasteiger partial charge in [-0.25, -0.2) is 4.39 Å². The zero-order valence-electron chi connectivity index (χ0n) is 19.6. The summed E-state index contributed by atoms with van der Waals surface area (Å²) in [5.74, 6) is -1.40. The average Bonchev–Trinajstić information content (AvgIpc) is 3.22. The fourth-order valence-corrected chi connectivity index (χ4v) is 4.38. The van der Waals surface area contributed by atoms with Crippen molar-refractivity contribution in [1.29, 1.82) is 0 Å². The standard InChI is InChI=1S/C27H21F4N3O2S/c1-17-16-37-26(33-25(36)21-3-2-4-22(13-21)27(29,30)31)34(17)15-19-5-9-20(10-6-19)24(35)32-14-18-7-11-23(28)12-8-18/h2-13,16H,14-15H2,1H3,(H,32,35). The molecule has 0 radical (unpaired) electrons. The Bertz CT molecular complexity index is 1490. The smallest absolute Gasteiger partial charge is 0.348 e. The second kappa shape index (κ2) is 10.9. The number of nitrogens with zero attached hydrogens (tertiary/aromatic N) is 2. The Labute approximate surface area is 213 Å². The number of aromatic nitrogens is 1. The van der Waals surface area contributed by atoms with Crippen molar-refractivity contribution in [1.82, 2.24) is 9.88 Å². The second-order valence-corrected chi connectivity index (χ2v) is 9.08. The first kappa shape index (κ1) is 26.0. The molecule has 0 bridgehead atoms. The Balaban J connectivity index is 1.47. The lowest BCUT2D eigenvalue weighted by molar-refractivity contribution is -0.137. The van der Waals surface area contributed by atoms with E-state index in [4.69, 9.17) is 0 Å². The number of alkyl halides is 3. The third-order valence-electron chi connectivity index (χ3n) is 5.55. The monoisotopic (exact) mass is 527 g/mol. The minimum Gasteiger partial charge on any atom is -0.348 e. The van der Waals surface area contributed by atoms with Crippen molar-refractivity contribution in [3.63, 3.8) is 0 Å². The van der Waals surface area contributed by atoms with Crippen molar-refractivity contribution in [3.05, 3.63) is 122 Å². The van der Waals surface area contributed by atoms with E-state index in [1.165, 1.54) is 35.6 Å². The number of carbonyl (C=O) groups excluding carboxylic acids is 2. The van der Waals surface area contributed by atoms with Gasteiger partial charge in [-0.05, 0) is 60.5 Å². The van der Waals surface area contributed by atoms with Gasteiger partial charge in [0.1, 0.15) is 5.82 Å². The zero-order valence-corrected chi connectivity index (χ0v) is 20.4. The molecule has 0 saturated heterocycles. The van der Waals surface area contributed by atoms with E-state index in [1.54, 1.807) is 46.3 Å². The van der Waals surface area contributed by atoms with Crippen LogP contribution >= 0.6 is 11.3 Å². The summed E-state index contributed by atoms with van der Waals surface area (Å²) in [6, 6.07) is 16.9. The first-order valence-electron chi connectivity index (χ1n) is 11.1. The van der Waals surface area contributed by atoms with Crippen LogP contribution in [0.15, 0.2) is 83.2 Å². The van der Waals surface area contributed by atoms with Gasteiger partial charge in [0.2, 0.25) is 0 Å². The third kappa shape index (κ3) is 6.59. The molecule has 190 valence electrons. The second-order valence-electron chi connectivity index (χ2n) is 8.25. The molecule has 37 heavy (non-hydrogen) atoms. The van der Waals surface area contributed by atoms with Gasteiger partial charge in [-0.3, -0.25) is 9.59 Å². The maximum absolute atomic E-state index is 13.0. The molecule has 2 amide bonds. The lowest BCUT2D eigenvalue weighted by atomic mass is 10.1. The Kier molecular flexibility index (Phi) is 7.68. The highest BCUT2D eigenvalue weighted by Gasteiger charge is 2.30. The van der Waals surface area contributed by atoms with E-state index >= 15 is 0 Å². The van der Waals surface area contributed by atoms with Crippen LogP contribution in [0, 0.1) is 12.7 Å². The van der Waals surface area contributed by atoms with Crippen LogP contribution in [-0.2, 0) is 19.3 Å². The summed E-state index contributed by atoms with van der Waals surface area (Å²) in [5.41, 5.74) is 1.81. The van der Waals surface area contributed by atoms with E-state index in [-0.39, 0.29) is 23.8 Å². The van der Waals surface area contributed by atoms with Crippen molar-refractivity contribution < 1.29 is 27.2 Å². The van der Waals surface area contributed by atoms with Gasteiger partial charge < -0.3 is 9.88 Å². The van der Waals surface area contributed by atoms with Gasteiger partial charge in [0.25, 0.3) is 11.8 Å². The fourth-order valence-electron chi connectivity index (χ4n) is 3.51. The SMILES string of the molecule is Cc1csc(=NC(=O)c2cccc(C(F)(F)F)c2)n1Cc1ccc(C(=O)NCc2ccc(F)cc2)cc1. The predicted molar refractivity (Wildman–Crippen MR) is 131 cm³/mol. The summed E-state index contributed by atoms with van der Waals surface area (Å²) < 4.78 is 53.8. The van der Waals surface area contributed by atoms with Crippen molar-refractivity contribution in [2.75, 3.05) is 0 Å². The summed E-state index contributed by atoms with van der Waals surface area (Å²) in [6.45, 7) is 2.44. The zero-order chi connectivity index (χ0) is 26.6. The summed E-state index contributed by atoms with van der Waals surface area (Å²) in [5, 5.41) is 4.58. The molecule has 3 aromatic carbocycles. The molecule has 0 fully saturated rings. The summed E-state index contributed by atoms with van der Waals surface area (Å²) in [6.07, 6.45) is -4.56. The van der Waals surface area contributed by atoms with Crippen molar-refractivity contribution in [3.8, 4) is 0 Å². The number of hydrogen-bond acceptors (Lipinski definition) is 3. The van der Waals surface area contributed by atoms with Crippen LogP contribution in [0.3, 0.4) is 0 Å². The van der Waals surface area contributed by atoms with Crippen LogP contribution in [0.4, 0.5) is 17.6 Å². The first-order valence-corrected chi connectivity index (χ1v) is 12.0. The van der Waals surface area contributed by atoms with Gasteiger partial charge in [0.15, 0.2) is 4.80 Å². The Hall–Kier alpha value is -4.05. The number of aryl methyl sites for hydroxylation is 1. The van der Waals surface area contributed by atoms with Crippen LogP contribution in [-0.4, -0.2) is 16.4 Å². The summed E-state index contributed by atoms with van der Waals surface area (Å²) >= 11 is 1.21. The van der Waals surface area contributed by atoms with Crippen molar-refractivity contribution in [2.45, 2.75) is 26.2 Å². The molecule has 0 spiro atoms. The van der Waals surface area contributed by atoms with Crippen LogP contribution in [0.5, 0.6) is 0 Å². The lowest BCUT2D eigenvalue weighted by Gasteiger charge is -2.09. The maximum Gasteiger partial charge on any atom is 0.416 e. The van der Waals surface area contributed by atoms with Crippen LogP contribution in [0.1, 0.15) is 43.1 Å². The number of halogens is 4. The maximum atomic E-state index is 13.0. The number of benzene rings is 3. The van der Waals surface area contributed by atoms with Crippen LogP contribution in [0.2, 0.25) is 0 Å². The van der Waals surface area contributed by atoms with E-state index in [2.05, 4.69) is 10.3 Å². The fraction of sp³-hybridized carbons (Fsp3) is 0.148. The molecule has 5 nitrogen and oxygen atoms in total. The molecule has 0 aliphatic carbocycles. The average molecular weight is 528 g/mol. The van der Waals surface area contributed by atoms with Gasteiger partial charge in [-0.1, -0.05) is 30.3 Å². The minimum absolute atomic E-state index is 0.150. The minimum atomic E-state index is -4.56. The molecule has 4 rings (SSSR count). The number of rotatable bonds is 6. The Morgan fingerprint density at radius 2 is 1.62 bits per heavy atom. The number of nitrogens with one attached hydrogen (secondary N) is 1. The lowest BCUT2D eigenvalue weighted by Crippen LogP contribution is -2.23. The van der Waals surface area contributed by atoms with E-state index in [1.807, 2.05) is 6.92 Å². The molecular weight excluding hydrogens is 506 g/mol. The van der Waals surface area contributed by atoms with Crippen molar-refractivity contribution >= 4 is 23.2 Å².